The minimum atomic E-state index is -0.287. The predicted octanol–water partition coefficient (Wildman–Crippen LogP) is 3.43. The van der Waals surface area contributed by atoms with E-state index in [4.69, 9.17) is 25.8 Å². The highest BCUT2D eigenvalue weighted by atomic mass is 35.5. The van der Waals surface area contributed by atoms with Crippen LogP contribution >= 0.6 is 11.6 Å². The molecule has 23 heavy (non-hydrogen) atoms. The Balaban J connectivity index is 1.87. The molecule has 2 rings (SSSR count). The van der Waals surface area contributed by atoms with Gasteiger partial charge in [-0.25, -0.2) is 4.98 Å². The molecule has 0 aliphatic carbocycles. The monoisotopic (exact) mass is 335 g/mol. The molecule has 0 N–H and O–H groups in total. The number of halogens is 1. The molecule has 6 heteroatoms. The Morgan fingerprint density at radius 2 is 2.00 bits per heavy atom. The highest BCUT2D eigenvalue weighted by molar-refractivity contribution is 6.29. The van der Waals surface area contributed by atoms with E-state index in [0.29, 0.717) is 11.6 Å². The number of carbonyl (C=O) groups excluding carboxylic acids is 1. The highest BCUT2D eigenvalue weighted by Gasteiger charge is 2.09. The molecule has 0 amide bonds. The highest BCUT2D eigenvalue weighted by Crippen LogP contribution is 2.25. The van der Waals surface area contributed by atoms with Crippen LogP contribution < -0.4 is 9.47 Å². The molecule has 0 unspecified atom stereocenters. The molecule has 0 saturated carbocycles. The third-order valence-corrected chi connectivity index (χ3v) is 3.50. The zero-order valence-corrected chi connectivity index (χ0v) is 13.8. The predicted molar refractivity (Wildman–Crippen MR) is 86.9 cm³/mol. The molecule has 2 aromatic rings. The van der Waals surface area contributed by atoms with Crippen LogP contribution in [0.4, 0.5) is 0 Å². The number of aromatic nitrogens is 1. The molecule has 1 aromatic heterocycles. The van der Waals surface area contributed by atoms with Gasteiger partial charge in [0, 0.05) is 18.2 Å². The third-order valence-electron chi connectivity index (χ3n) is 3.27. The van der Waals surface area contributed by atoms with Crippen molar-refractivity contribution in [2.75, 3.05) is 14.2 Å². The summed E-state index contributed by atoms with van der Waals surface area (Å²) >= 11 is 5.70. The Morgan fingerprint density at radius 1 is 1.17 bits per heavy atom. The molecule has 0 atom stereocenters. The molecule has 122 valence electrons. The zero-order chi connectivity index (χ0) is 16.7. The number of nitrogens with zero attached hydrogens (tertiary/aromatic N) is 1. The second-order valence-electron chi connectivity index (χ2n) is 4.83. The summed E-state index contributed by atoms with van der Waals surface area (Å²) in [4.78, 5) is 15.8. The maximum Gasteiger partial charge on any atom is 0.306 e. The van der Waals surface area contributed by atoms with Gasteiger partial charge in [-0.05, 0) is 36.2 Å². The molecule has 0 fully saturated rings. The first-order valence-corrected chi connectivity index (χ1v) is 7.47. The minimum Gasteiger partial charge on any atom is -0.497 e. The zero-order valence-electron chi connectivity index (χ0n) is 13.0. The number of esters is 1. The van der Waals surface area contributed by atoms with Gasteiger partial charge >= 0.3 is 5.97 Å². The molecule has 0 saturated heterocycles. The summed E-state index contributed by atoms with van der Waals surface area (Å²) in [6.45, 7) is 0.179. The van der Waals surface area contributed by atoms with Gasteiger partial charge < -0.3 is 14.2 Å². The number of benzene rings is 1. The maximum absolute atomic E-state index is 11.9. The van der Waals surface area contributed by atoms with E-state index >= 15 is 0 Å². The molecule has 0 bridgehead atoms. The smallest absolute Gasteiger partial charge is 0.306 e. The number of aryl methyl sites for hydroxylation is 1. The summed E-state index contributed by atoms with van der Waals surface area (Å²) in [5, 5.41) is 0.408. The second kappa shape index (κ2) is 8.39. The fraction of sp³-hybridized carbons (Fsp3) is 0.294. The average Bonchev–Trinajstić information content (AvgIpc) is 2.59. The number of carbonyl (C=O) groups is 1. The number of hydrogen-bond donors (Lipinski definition) is 0. The van der Waals surface area contributed by atoms with E-state index in [2.05, 4.69) is 4.98 Å². The number of hydrogen-bond acceptors (Lipinski definition) is 5. The lowest BCUT2D eigenvalue weighted by atomic mass is 10.1. The van der Waals surface area contributed by atoms with Gasteiger partial charge in [0.05, 0.1) is 14.2 Å². The average molecular weight is 336 g/mol. The standard InChI is InChI=1S/C17H18ClNO4/c1-21-14-5-6-15(22-2)13(9-14)4-8-17(20)23-11-12-3-7-16(18)19-10-12/h3,5-7,9-10H,4,8,11H2,1-2H3. The lowest BCUT2D eigenvalue weighted by Crippen LogP contribution is -2.06. The van der Waals surface area contributed by atoms with Gasteiger partial charge in [-0.3, -0.25) is 4.79 Å². The largest absolute Gasteiger partial charge is 0.497 e. The summed E-state index contributed by atoms with van der Waals surface area (Å²) in [6.07, 6.45) is 2.35. The van der Waals surface area contributed by atoms with Crippen molar-refractivity contribution < 1.29 is 19.0 Å². The summed E-state index contributed by atoms with van der Waals surface area (Å²) in [7, 11) is 3.19. The molecule has 0 aliphatic rings. The minimum absolute atomic E-state index is 0.179. The molecule has 0 aliphatic heterocycles. The Morgan fingerprint density at radius 3 is 2.65 bits per heavy atom. The Bertz CT molecular complexity index is 658. The van der Waals surface area contributed by atoms with Crippen molar-refractivity contribution in [3.05, 3.63) is 52.8 Å². The second-order valence-corrected chi connectivity index (χ2v) is 5.21. The van der Waals surface area contributed by atoms with Crippen LogP contribution in [0.1, 0.15) is 17.5 Å². The van der Waals surface area contributed by atoms with E-state index < -0.39 is 0 Å². The summed E-state index contributed by atoms with van der Waals surface area (Å²) in [5.41, 5.74) is 1.69. The number of methoxy groups -OCH3 is 2. The van der Waals surface area contributed by atoms with E-state index in [1.165, 1.54) is 0 Å². The van der Waals surface area contributed by atoms with Crippen molar-refractivity contribution in [3.8, 4) is 11.5 Å². The van der Waals surface area contributed by atoms with E-state index in [1.54, 1.807) is 32.5 Å². The Kier molecular flexibility index (Phi) is 6.23. The maximum atomic E-state index is 11.9. The Labute approximate surface area is 140 Å². The summed E-state index contributed by atoms with van der Waals surface area (Å²) < 4.78 is 15.7. The van der Waals surface area contributed by atoms with Crippen LogP contribution in [0.25, 0.3) is 0 Å². The first-order chi connectivity index (χ1) is 11.1. The van der Waals surface area contributed by atoms with Crippen molar-refractivity contribution in [2.45, 2.75) is 19.4 Å². The molecular formula is C17H18ClNO4. The van der Waals surface area contributed by atoms with Gasteiger partial charge in [-0.15, -0.1) is 0 Å². The van der Waals surface area contributed by atoms with Crippen molar-refractivity contribution in [3.63, 3.8) is 0 Å². The van der Waals surface area contributed by atoms with Crippen LogP contribution in [0.5, 0.6) is 11.5 Å². The van der Waals surface area contributed by atoms with Crippen molar-refractivity contribution >= 4 is 17.6 Å². The van der Waals surface area contributed by atoms with E-state index in [1.807, 2.05) is 18.2 Å². The first kappa shape index (κ1) is 17.1. The van der Waals surface area contributed by atoms with Crippen LogP contribution in [0, 0.1) is 0 Å². The lowest BCUT2D eigenvalue weighted by molar-refractivity contribution is -0.144. The van der Waals surface area contributed by atoms with Crippen molar-refractivity contribution in [1.29, 1.82) is 0 Å². The van der Waals surface area contributed by atoms with Gasteiger partial charge in [0.25, 0.3) is 0 Å². The van der Waals surface area contributed by atoms with Gasteiger partial charge in [0.1, 0.15) is 23.3 Å². The van der Waals surface area contributed by atoms with Crippen LogP contribution in [0.15, 0.2) is 36.5 Å². The quantitative estimate of drug-likeness (QED) is 0.573. The molecule has 0 radical (unpaired) electrons. The fourth-order valence-electron chi connectivity index (χ4n) is 2.04. The molecule has 0 spiro atoms. The lowest BCUT2D eigenvalue weighted by Gasteiger charge is -2.10. The number of rotatable bonds is 7. The Hall–Kier alpha value is -2.27. The van der Waals surface area contributed by atoms with E-state index in [-0.39, 0.29) is 19.0 Å². The van der Waals surface area contributed by atoms with Crippen LogP contribution in [-0.4, -0.2) is 25.2 Å². The molecule has 1 heterocycles. The first-order valence-electron chi connectivity index (χ1n) is 7.09. The van der Waals surface area contributed by atoms with Gasteiger partial charge in [0.2, 0.25) is 0 Å². The molecule has 5 nitrogen and oxygen atoms in total. The SMILES string of the molecule is COc1ccc(OC)c(CCC(=O)OCc2ccc(Cl)nc2)c1. The number of pyridine rings is 1. The van der Waals surface area contributed by atoms with Crippen LogP contribution in [0.3, 0.4) is 0 Å². The summed E-state index contributed by atoms with van der Waals surface area (Å²) in [6, 6.07) is 8.92. The normalized spacial score (nSPS) is 10.2. The van der Waals surface area contributed by atoms with Crippen molar-refractivity contribution in [1.82, 2.24) is 4.98 Å². The summed E-state index contributed by atoms with van der Waals surface area (Å²) in [5.74, 6) is 1.16. The van der Waals surface area contributed by atoms with Gasteiger partial charge in [-0.2, -0.15) is 0 Å². The third kappa shape index (κ3) is 5.14. The molecular weight excluding hydrogens is 318 g/mol. The van der Waals surface area contributed by atoms with E-state index in [9.17, 15) is 4.79 Å². The van der Waals surface area contributed by atoms with Crippen LogP contribution in [0.2, 0.25) is 5.15 Å². The molecule has 1 aromatic carbocycles. The van der Waals surface area contributed by atoms with E-state index in [0.717, 1.165) is 22.6 Å². The van der Waals surface area contributed by atoms with Gasteiger partial charge in [-0.1, -0.05) is 17.7 Å². The fourth-order valence-corrected chi connectivity index (χ4v) is 2.15. The number of ether oxygens (including phenoxy) is 3. The van der Waals surface area contributed by atoms with Crippen molar-refractivity contribution in [2.24, 2.45) is 0 Å². The van der Waals surface area contributed by atoms with Crippen LogP contribution in [-0.2, 0) is 22.6 Å². The topological polar surface area (TPSA) is 57.7 Å². The van der Waals surface area contributed by atoms with Gasteiger partial charge in [0.15, 0.2) is 0 Å².